The molecule has 1 aromatic rings. The van der Waals surface area contributed by atoms with E-state index in [0.29, 0.717) is 0 Å². The molecule has 48 valence electrons. The van der Waals surface area contributed by atoms with Gasteiger partial charge in [0.2, 0.25) is 0 Å². The zero-order chi connectivity index (χ0) is 6.53. The van der Waals surface area contributed by atoms with Gasteiger partial charge in [-0.1, -0.05) is 18.2 Å². The molecule has 2 heteroatoms. The summed E-state index contributed by atoms with van der Waals surface area (Å²) >= 11 is 0. The van der Waals surface area contributed by atoms with Crippen molar-refractivity contribution in [3.8, 4) is 5.75 Å². The van der Waals surface area contributed by atoms with Crippen molar-refractivity contribution in [2.75, 3.05) is 7.11 Å². The Bertz CT molecular complexity index is 160. The largest absolute Gasteiger partial charge is 0.338 e. The fourth-order valence-corrected chi connectivity index (χ4v) is 0.572. The molecule has 0 saturated heterocycles. The fourth-order valence-electron chi connectivity index (χ4n) is 0.572. The van der Waals surface area contributed by atoms with Gasteiger partial charge < -0.3 is 4.89 Å². The first-order valence-electron chi connectivity index (χ1n) is 2.69. The monoisotopic (exact) mass is 124 g/mol. The number of hydrogen-bond acceptors (Lipinski definition) is 2. The Morgan fingerprint density at radius 1 is 1.11 bits per heavy atom. The van der Waals surface area contributed by atoms with Crippen molar-refractivity contribution >= 4 is 0 Å². The van der Waals surface area contributed by atoms with Crippen LogP contribution in [0.1, 0.15) is 0 Å². The van der Waals surface area contributed by atoms with Crippen molar-refractivity contribution in [2.24, 2.45) is 0 Å². The number of rotatable bonds is 2. The summed E-state index contributed by atoms with van der Waals surface area (Å²) in [6, 6.07) is 9.33. The normalized spacial score (nSPS) is 9.00. The van der Waals surface area contributed by atoms with Gasteiger partial charge in [-0.25, -0.2) is 0 Å². The molecular weight excluding hydrogens is 116 g/mol. The molecule has 0 radical (unpaired) electrons. The van der Waals surface area contributed by atoms with Crippen molar-refractivity contribution in [2.45, 2.75) is 0 Å². The number of hydrogen-bond donors (Lipinski definition) is 0. The maximum absolute atomic E-state index is 4.71. The summed E-state index contributed by atoms with van der Waals surface area (Å²) in [6.07, 6.45) is 0. The standard InChI is InChI=1S/C7H8O2/c1-8-9-7-5-3-2-4-6-7/h2-6H,1H3. The summed E-state index contributed by atoms with van der Waals surface area (Å²) in [5, 5.41) is 0. The first-order chi connectivity index (χ1) is 4.43. The van der Waals surface area contributed by atoms with E-state index in [1.54, 1.807) is 0 Å². The molecule has 9 heavy (non-hydrogen) atoms. The van der Waals surface area contributed by atoms with Crippen LogP contribution >= 0.6 is 0 Å². The van der Waals surface area contributed by atoms with E-state index in [-0.39, 0.29) is 0 Å². The van der Waals surface area contributed by atoms with Crippen LogP contribution in [0.5, 0.6) is 5.75 Å². The number of para-hydroxylation sites is 1. The first kappa shape index (κ1) is 6.11. The summed E-state index contributed by atoms with van der Waals surface area (Å²) in [5.74, 6) is 0.722. The minimum Gasteiger partial charge on any atom is -0.338 e. The summed E-state index contributed by atoms with van der Waals surface area (Å²) in [5.41, 5.74) is 0. The second kappa shape index (κ2) is 3.10. The molecule has 0 spiro atoms. The second-order valence-electron chi connectivity index (χ2n) is 1.56. The Morgan fingerprint density at radius 2 is 1.78 bits per heavy atom. The molecule has 0 amide bonds. The Hall–Kier alpha value is -1.02. The highest BCUT2D eigenvalue weighted by atomic mass is 17.2. The minimum absolute atomic E-state index is 0.722. The molecule has 0 aliphatic rings. The van der Waals surface area contributed by atoms with Crippen LogP contribution < -0.4 is 4.89 Å². The van der Waals surface area contributed by atoms with E-state index in [4.69, 9.17) is 4.89 Å². The zero-order valence-electron chi connectivity index (χ0n) is 5.20. The van der Waals surface area contributed by atoms with Gasteiger partial charge >= 0.3 is 0 Å². The lowest BCUT2D eigenvalue weighted by Crippen LogP contribution is -1.88. The summed E-state index contributed by atoms with van der Waals surface area (Å²) in [7, 11) is 1.48. The molecule has 0 aromatic heterocycles. The predicted molar refractivity (Wildman–Crippen MR) is 34.1 cm³/mol. The van der Waals surface area contributed by atoms with Gasteiger partial charge in [0.05, 0.1) is 7.11 Å². The Morgan fingerprint density at radius 3 is 2.33 bits per heavy atom. The van der Waals surface area contributed by atoms with Crippen LogP contribution in [-0.4, -0.2) is 7.11 Å². The third kappa shape index (κ3) is 1.74. The Kier molecular flexibility index (Phi) is 2.10. The lowest BCUT2D eigenvalue weighted by molar-refractivity contribution is -0.178. The van der Waals surface area contributed by atoms with Gasteiger partial charge in [0.25, 0.3) is 0 Å². The molecule has 0 atom stereocenters. The van der Waals surface area contributed by atoms with Gasteiger partial charge in [0.1, 0.15) is 0 Å². The molecule has 1 aromatic carbocycles. The average Bonchev–Trinajstić information content (AvgIpc) is 1.91. The molecule has 0 saturated carbocycles. The topological polar surface area (TPSA) is 18.5 Å². The highest BCUT2D eigenvalue weighted by Gasteiger charge is 1.85. The van der Waals surface area contributed by atoms with E-state index < -0.39 is 0 Å². The van der Waals surface area contributed by atoms with Crippen molar-refractivity contribution in [1.82, 2.24) is 0 Å². The predicted octanol–water partition coefficient (Wildman–Crippen LogP) is 1.63. The van der Waals surface area contributed by atoms with Crippen molar-refractivity contribution in [1.29, 1.82) is 0 Å². The average molecular weight is 124 g/mol. The summed E-state index contributed by atoms with van der Waals surface area (Å²) in [6.45, 7) is 0. The van der Waals surface area contributed by atoms with Gasteiger partial charge in [-0.2, -0.15) is 4.89 Å². The molecule has 0 N–H and O–H groups in total. The van der Waals surface area contributed by atoms with E-state index in [9.17, 15) is 0 Å². The molecule has 0 unspecified atom stereocenters. The van der Waals surface area contributed by atoms with Crippen LogP contribution in [0.2, 0.25) is 0 Å². The third-order valence-electron chi connectivity index (χ3n) is 0.923. The van der Waals surface area contributed by atoms with E-state index in [2.05, 4.69) is 4.89 Å². The smallest absolute Gasteiger partial charge is 0.165 e. The molecular formula is C7H8O2. The van der Waals surface area contributed by atoms with Crippen LogP contribution in [0.3, 0.4) is 0 Å². The van der Waals surface area contributed by atoms with E-state index in [1.165, 1.54) is 7.11 Å². The Labute approximate surface area is 54.0 Å². The third-order valence-corrected chi connectivity index (χ3v) is 0.923. The van der Waals surface area contributed by atoms with Gasteiger partial charge in [-0.3, -0.25) is 0 Å². The minimum atomic E-state index is 0.722. The molecule has 0 aliphatic carbocycles. The quantitative estimate of drug-likeness (QED) is 0.440. The SMILES string of the molecule is COOc1ccccc1. The van der Waals surface area contributed by atoms with E-state index in [0.717, 1.165) is 5.75 Å². The molecule has 0 fully saturated rings. The molecule has 2 nitrogen and oxygen atoms in total. The summed E-state index contributed by atoms with van der Waals surface area (Å²) < 4.78 is 0. The summed E-state index contributed by atoms with van der Waals surface area (Å²) in [4.78, 5) is 9.13. The lowest BCUT2D eigenvalue weighted by Gasteiger charge is -1.96. The maximum atomic E-state index is 4.71. The van der Waals surface area contributed by atoms with Crippen LogP contribution in [0.15, 0.2) is 30.3 Å². The van der Waals surface area contributed by atoms with Crippen molar-refractivity contribution < 1.29 is 9.78 Å². The van der Waals surface area contributed by atoms with Gasteiger partial charge in [0, 0.05) is 0 Å². The van der Waals surface area contributed by atoms with Gasteiger partial charge in [-0.05, 0) is 12.1 Å². The maximum Gasteiger partial charge on any atom is 0.165 e. The highest BCUT2D eigenvalue weighted by molar-refractivity contribution is 5.19. The van der Waals surface area contributed by atoms with Crippen LogP contribution in [0.25, 0.3) is 0 Å². The lowest BCUT2D eigenvalue weighted by atomic mass is 10.3. The first-order valence-corrected chi connectivity index (χ1v) is 2.69. The molecule has 0 aliphatic heterocycles. The van der Waals surface area contributed by atoms with Crippen molar-refractivity contribution in [3.05, 3.63) is 30.3 Å². The highest BCUT2D eigenvalue weighted by Crippen LogP contribution is 2.07. The van der Waals surface area contributed by atoms with Crippen LogP contribution in [-0.2, 0) is 4.89 Å². The van der Waals surface area contributed by atoms with E-state index >= 15 is 0 Å². The van der Waals surface area contributed by atoms with Crippen LogP contribution in [0, 0.1) is 0 Å². The van der Waals surface area contributed by atoms with Crippen LogP contribution in [0.4, 0.5) is 0 Å². The van der Waals surface area contributed by atoms with Crippen molar-refractivity contribution in [3.63, 3.8) is 0 Å². The Balaban J connectivity index is 2.61. The number of benzene rings is 1. The van der Waals surface area contributed by atoms with Gasteiger partial charge in [0.15, 0.2) is 5.75 Å². The van der Waals surface area contributed by atoms with Gasteiger partial charge in [-0.15, -0.1) is 0 Å². The molecule has 1 rings (SSSR count). The fraction of sp³-hybridized carbons (Fsp3) is 0.143. The zero-order valence-corrected chi connectivity index (χ0v) is 5.20. The second-order valence-corrected chi connectivity index (χ2v) is 1.56. The van der Waals surface area contributed by atoms with E-state index in [1.807, 2.05) is 30.3 Å². The molecule has 0 bridgehead atoms. The molecule has 0 heterocycles.